The fourth-order valence-corrected chi connectivity index (χ4v) is 3.43. The Kier molecular flexibility index (Phi) is 8.00. The van der Waals surface area contributed by atoms with Crippen molar-refractivity contribution in [3.63, 3.8) is 0 Å². The van der Waals surface area contributed by atoms with E-state index in [-0.39, 0.29) is 0 Å². The lowest BCUT2D eigenvalue weighted by Gasteiger charge is -2.15. The van der Waals surface area contributed by atoms with Crippen LogP contribution in [0.15, 0.2) is 23.1 Å². The zero-order valence-corrected chi connectivity index (χ0v) is 13.7. The van der Waals surface area contributed by atoms with Crippen molar-refractivity contribution < 1.29 is 4.21 Å². The van der Waals surface area contributed by atoms with E-state index in [1.54, 1.807) is 18.2 Å². The third kappa shape index (κ3) is 5.82. The number of halogens is 2. The summed E-state index contributed by atoms with van der Waals surface area (Å²) in [6.07, 6.45) is 3.10. The second-order valence-electron chi connectivity index (χ2n) is 4.43. The first-order chi connectivity index (χ1) is 9.08. The van der Waals surface area contributed by atoms with E-state index in [1.807, 2.05) is 0 Å². The van der Waals surface area contributed by atoms with E-state index in [0.717, 1.165) is 30.7 Å². The van der Waals surface area contributed by atoms with Gasteiger partial charge in [0.15, 0.2) is 0 Å². The molecule has 0 spiro atoms. The predicted octanol–water partition coefficient (Wildman–Crippen LogP) is 4.27. The maximum atomic E-state index is 12.1. The molecule has 0 bridgehead atoms. The lowest BCUT2D eigenvalue weighted by Crippen LogP contribution is -2.28. The van der Waals surface area contributed by atoms with Gasteiger partial charge in [0, 0.05) is 16.7 Å². The van der Waals surface area contributed by atoms with Crippen LogP contribution in [0.2, 0.25) is 10.0 Å². The average molecular weight is 322 g/mol. The highest BCUT2D eigenvalue weighted by molar-refractivity contribution is 7.85. The van der Waals surface area contributed by atoms with Gasteiger partial charge >= 0.3 is 0 Å². The highest BCUT2D eigenvalue weighted by Crippen LogP contribution is 2.24. The first-order valence-electron chi connectivity index (χ1n) is 6.65. The van der Waals surface area contributed by atoms with Crippen LogP contribution in [0.5, 0.6) is 0 Å². The van der Waals surface area contributed by atoms with Gasteiger partial charge in [-0.1, -0.05) is 37.0 Å². The summed E-state index contributed by atoms with van der Waals surface area (Å²) in [4.78, 5) is 0.755. The second-order valence-corrected chi connectivity index (χ2v) is 6.82. The highest BCUT2D eigenvalue weighted by Gasteiger charge is 2.09. The van der Waals surface area contributed by atoms with Gasteiger partial charge < -0.3 is 5.32 Å². The van der Waals surface area contributed by atoms with E-state index in [9.17, 15) is 4.21 Å². The largest absolute Gasteiger partial charge is 0.314 e. The van der Waals surface area contributed by atoms with Crippen molar-refractivity contribution in [1.29, 1.82) is 0 Å². The van der Waals surface area contributed by atoms with Crippen LogP contribution in [0.3, 0.4) is 0 Å². The van der Waals surface area contributed by atoms with Gasteiger partial charge in [0.25, 0.3) is 0 Å². The van der Waals surface area contributed by atoms with Crippen molar-refractivity contribution >= 4 is 34.0 Å². The second kappa shape index (κ2) is 8.96. The molecule has 1 aromatic carbocycles. The fraction of sp³-hybridized carbons (Fsp3) is 0.571. The summed E-state index contributed by atoms with van der Waals surface area (Å²) < 4.78 is 12.1. The summed E-state index contributed by atoms with van der Waals surface area (Å²) in [6, 6.07) is 5.70. The Balaban J connectivity index is 2.44. The molecule has 5 heteroatoms. The molecule has 0 aromatic heterocycles. The molecule has 1 rings (SSSR count). The molecule has 0 fully saturated rings. The number of rotatable bonds is 8. The molecule has 0 aliphatic heterocycles. The summed E-state index contributed by atoms with van der Waals surface area (Å²) >= 11 is 11.8. The van der Waals surface area contributed by atoms with Crippen molar-refractivity contribution in [1.82, 2.24) is 5.32 Å². The van der Waals surface area contributed by atoms with Gasteiger partial charge in [0.05, 0.1) is 20.8 Å². The Bertz CT molecular complexity index is 426. The molecule has 0 aliphatic carbocycles. The Labute approximate surface area is 128 Å². The van der Waals surface area contributed by atoms with Crippen LogP contribution in [0.4, 0.5) is 0 Å². The third-order valence-corrected chi connectivity index (χ3v) is 5.20. The highest BCUT2D eigenvalue weighted by atomic mass is 35.5. The molecule has 19 heavy (non-hydrogen) atoms. The molecule has 2 atom stereocenters. The fourth-order valence-electron chi connectivity index (χ4n) is 1.94. The van der Waals surface area contributed by atoms with Gasteiger partial charge in [-0.15, -0.1) is 0 Å². The smallest absolute Gasteiger partial charge is 0.0604 e. The summed E-state index contributed by atoms with van der Waals surface area (Å²) in [5.41, 5.74) is 0. The number of nitrogens with one attached hydrogen (secondary N) is 1. The van der Waals surface area contributed by atoms with Crippen LogP contribution in [-0.4, -0.2) is 22.5 Å². The van der Waals surface area contributed by atoms with E-state index in [4.69, 9.17) is 23.2 Å². The summed E-state index contributed by atoms with van der Waals surface area (Å²) in [7, 11) is -0.995. The molecule has 0 heterocycles. The molecule has 0 radical (unpaired) electrons. The van der Waals surface area contributed by atoms with Gasteiger partial charge in [-0.3, -0.25) is 4.21 Å². The van der Waals surface area contributed by atoms with Crippen LogP contribution in [0.1, 0.15) is 33.1 Å². The van der Waals surface area contributed by atoms with E-state index in [1.165, 1.54) is 0 Å². The van der Waals surface area contributed by atoms with Crippen molar-refractivity contribution in [2.45, 2.75) is 44.0 Å². The first kappa shape index (κ1) is 17.0. The van der Waals surface area contributed by atoms with Crippen molar-refractivity contribution in [3.05, 3.63) is 28.2 Å². The predicted molar refractivity (Wildman–Crippen MR) is 84.7 cm³/mol. The molecule has 0 saturated heterocycles. The average Bonchev–Trinajstić information content (AvgIpc) is 2.40. The molecular weight excluding hydrogens is 301 g/mol. The van der Waals surface area contributed by atoms with Gasteiger partial charge in [-0.2, -0.15) is 0 Å². The van der Waals surface area contributed by atoms with Gasteiger partial charge in [-0.05, 0) is 44.0 Å². The topological polar surface area (TPSA) is 29.1 Å². The quantitative estimate of drug-likeness (QED) is 0.774. The first-order valence-corrected chi connectivity index (χ1v) is 8.72. The maximum absolute atomic E-state index is 12.1. The minimum absolute atomic E-state index is 0.464. The lowest BCUT2D eigenvalue weighted by molar-refractivity contribution is 0.476. The van der Waals surface area contributed by atoms with E-state index >= 15 is 0 Å². The minimum atomic E-state index is -0.995. The van der Waals surface area contributed by atoms with Crippen LogP contribution in [-0.2, 0) is 10.8 Å². The van der Waals surface area contributed by atoms with E-state index in [2.05, 4.69) is 19.2 Å². The molecule has 2 unspecified atom stereocenters. The lowest BCUT2D eigenvalue weighted by atomic mass is 10.1. The molecule has 0 saturated carbocycles. The monoisotopic (exact) mass is 321 g/mol. The van der Waals surface area contributed by atoms with Crippen LogP contribution < -0.4 is 5.32 Å². The zero-order valence-electron chi connectivity index (χ0n) is 11.4. The third-order valence-electron chi connectivity index (χ3n) is 3.02. The zero-order chi connectivity index (χ0) is 14.3. The van der Waals surface area contributed by atoms with Crippen LogP contribution >= 0.6 is 23.2 Å². The Morgan fingerprint density at radius 3 is 2.58 bits per heavy atom. The van der Waals surface area contributed by atoms with Crippen LogP contribution in [0, 0.1) is 0 Å². The van der Waals surface area contributed by atoms with Crippen molar-refractivity contribution in [3.8, 4) is 0 Å². The van der Waals surface area contributed by atoms with Gasteiger partial charge in [-0.25, -0.2) is 0 Å². The molecule has 2 nitrogen and oxygen atoms in total. The van der Waals surface area contributed by atoms with E-state index < -0.39 is 10.8 Å². The van der Waals surface area contributed by atoms with Crippen molar-refractivity contribution in [2.24, 2.45) is 0 Å². The molecule has 1 aromatic rings. The molecule has 0 amide bonds. The van der Waals surface area contributed by atoms with Gasteiger partial charge in [0.1, 0.15) is 0 Å². The SMILES string of the molecule is CCNC(CC)CCCS(=O)c1ccc(Cl)c(Cl)c1. The molecule has 0 aliphatic rings. The number of benzene rings is 1. The minimum Gasteiger partial charge on any atom is -0.314 e. The van der Waals surface area contributed by atoms with E-state index in [0.29, 0.717) is 21.8 Å². The number of hydrogen-bond acceptors (Lipinski definition) is 2. The Morgan fingerprint density at radius 1 is 1.26 bits per heavy atom. The summed E-state index contributed by atoms with van der Waals surface area (Å²) in [6.45, 7) is 5.26. The standard InChI is InChI=1S/C14H21Cl2NOS/c1-3-11(17-4-2)6-5-9-19(18)12-7-8-13(15)14(16)10-12/h7-8,10-11,17H,3-6,9H2,1-2H3. The number of hydrogen-bond donors (Lipinski definition) is 1. The Morgan fingerprint density at radius 2 is 2.00 bits per heavy atom. The van der Waals surface area contributed by atoms with Gasteiger partial charge in [0.2, 0.25) is 0 Å². The van der Waals surface area contributed by atoms with Crippen LogP contribution in [0.25, 0.3) is 0 Å². The maximum Gasteiger partial charge on any atom is 0.0604 e. The van der Waals surface area contributed by atoms with Crippen molar-refractivity contribution in [2.75, 3.05) is 12.3 Å². The normalized spacial score (nSPS) is 14.3. The summed E-state index contributed by atoms with van der Waals surface area (Å²) in [5, 5.41) is 4.39. The Hall–Kier alpha value is -0.0900. The molecular formula is C14H21Cl2NOS. The molecule has 1 N–H and O–H groups in total. The summed E-state index contributed by atoms with van der Waals surface area (Å²) in [5.74, 6) is 0.667. The molecule has 108 valence electrons.